The molecule has 0 radical (unpaired) electrons. The van der Waals surface area contributed by atoms with Crippen LogP contribution in [-0.4, -0.2) is 532 Å². The second-order valence-electron chi connectivity index (χ2n) is 30.9. The summed E-state index contributed by atoms with van der Waals surface area (Å²) >= 11 is 0. The zero-order chi connectivity index (χ0) is 90.3. The minimum atomic E-state index is -2.52. The van der Waals surface area contributed by atoms with Crippen molar-refractivity contribution in [2.24, 2.45) is 0 Å². The van der Waals surface area contributed by atoms with Gasteiger partial charge in [-0.25, -0.2) is 0 Å². The Bertz CT molecular complexity index is 3290. The molecule has 10 rings (SSSR count). The summed E-state index contributed by atoms with van der Waals surface area (Å²) in [5, 5.41) is 291. The molecule has 10 fully saturated rings. The molecule has 0 aliphatic carbocycles. The van der Waals surface area contributed by atoms with Gasteiger partial charge < -0.3 is 248 Å². The van der Waals surface area contributed by atoms with Crippen LogP contribution in [0.4, 0.5) is 0 Å². The molecule has 29 N–H and O–H groups in total. The zero-order valence-electron chi connectivity index (χ0n) is 66.7. The van der Waals surface area contributed by atoms with Gasteiger partial charge in [0.25, 0.3) is 0 Å². The van der Waals surface area contributed by atoms with E-state index in [1.165, 1.54) is 0 Å². The molecule has 0 aromatic rings. The maximum absolute atomic E-state index is 13.5. The molecule has 54 nitrogen and oxygen atoms in total. The lowest BCUT2D eigenvalue weighted by molar-refractivity contribution is -0.407. The summed E-state index contributed by atoms with van der Waals surface area (Å²) in [5.41, 5.74) is 0. The van der Waals surface area contributed by atoms with Crippen molar-refractivity contribution >= 4 is 23.6 Å². The van der Waals surface area contributed by atoms with Crippen LogP contribution in [0.3, 0.4) is 0 Å². The van der Waals surface area contributed by atoms with Crippen LogP contribution in [-0.2, 0) is 119 Å². The van der Waals surface area contributed by atoms with Gasteiger partial charge in [-0.1, -0.05) is 0 Å². The number of carbonyl (C=O) groups excluding carboxylic acids is 4. The van der Waals surface area contributed by atoms with Crippen LogP contribution in [0.2, 0.25) is 0 Å². The van der Waals surface area contributed by atoms with Gasteiger partial charge in [0.2, 0.25) is 23.6 Å². The lowest BCUT2D eigenvalue weighted by Gasteiger charge is -2.52. The highest BCUT2D eigenvalue weighted by Crippen LogP contribution is 2.42. The monoisotopic (exact) mass is 1800 g/mol. The summed E-state index contributed by atoms with van der Waals surface area (Å²) < 4.78 is 126. The molecular formula is C69H116N4O50. The minimum Gasteiger partial charge on any atom is -0.394 e. The Balaban J connectivity index is 1.01. The summed E-state index contributed by atoms with van der Waals surface area (Å²) in [5.74, 6) is -3.75. The van der Waals surface area contributed by atoms with E-state index in [0.717, 1.165) is 41.9 Å². The van der Waals surface area contributed by atoms with Crippen LogP contribution in [0.1, 0.15) is 27.7 Å². The maximum Gasteiger partial charge on any atom is 0.217 e. The van der Waals surface area contributed by atoms with Crippen LogP contribution in [0.5, 0.6) is 0 Å². The van der Waals surface area contributed by atoms with Gasteiger partial charge >= 0.3 is 0 Å². The molecule has 0 aromatic heterocycles. The van der Waals surface area contributed by atoms with E-state index in [0.29, 0.717) is 0 Å². The highest BCUT2D eigenvalue weighted by Gasteiger charge is 2.63. The van der Waals surface area contributed by atoms with Crippen LogP contribution < -0.4 is 21.3 Å². The number of hydrogen-bond acceptors (Lipinski definition) is 50. The molecule has 123 heavy (non-hydrogen) atoms. The Morgan fingerprint density at radius 2 is 0.504 bits per heavy atom. The molecule has 0 spiro atoms. The number of aliphatic hydroxyl groups excluding tert-OH is 25. The van der Waals surface area contributed by atoms with E-state index in [-0.39, 0.29) is 0 Å². The Kier molecular flexibility index (Phi) is 36.8. The summed E-state index contributed by atoms with van der Waals surface area (Å²) in [6.07, 6.45) is -92.2. The van der Waals surface area contributed by atoms with E-state index in [4.69, 9.17) is 99.5 Å². The third kappa shape index (κ3) is 22.5. The summed E-state index contributed by atoms with van der Waals surface area (Å²) in [4.78, 5) is 52.2. The van der Waals surface area contributed by atoms with Crippen molar-refractivity contribution in [3.8, 4) is 0 Å². The van der Waals surface area contributed by atoms with Crippen molar-refractivity contribution in [2.75, 3.05) is 80.3 Å². The van der Waals surface area contributed by atoms with Gasteiger partial charge in [-0.3, -0.25) is 19.2 Å². The first-order valence-electron chi connectivity index (χ1n) is 39.3. The Morgan fingerprint density at radius 1 is 0.228 bits per heavy atom. The summed E-state index contributed by atoms with van der Waals surface area (Å²) in [6.45, 7) is -6.80. The van der Waals surface area contributed by atoms with Gasteiger partial charge in [0, 0.05) is 41.9 Å². The van der Waals surface area contributed by atoms with E-state index in [9.17, 15) is 147 Å². The first-order chi connectivity index (χ1) is 58.4. The van der Waals surface area contributed by atoms with E-state index in [2.05, 4.69) is 21.3 Å². The molecule has 0 bridgehead atoms. The molecule has 10 aliphatic rings. The highest BCUT2D eigenvalue weighted by atomic mass is 16.8. The third-order valence-electron chi connectivity index (χ3n) is 22.6. The van der Waals surface area contributed by atoms with Crippen LogP contribution in [0.15, 0.2) is 0 Å². The molecule has 0 aromatic carbocycles. The number of rotatable bonds is 34. The molecule has 10 aliphatic heterocycles. The van der Waals surface area contributed by atoms with Gasteiger partial charge in [0.15, 0.2) is 62.9 Å². The number of ether oxygens (including phenoxy) is 21. The van der Waals surface area contributed by atoms with Crippen LogP contribution in [0.25, 0.3) is 0 Å². The molecule has 54 heteroatoms. The molecule has 0 saturated carbocycles. The number of amides is 4. The van der Waals surface area contributed by atoms with Crippen molar-refractivity contribution in [1.82, 2.24) is 21.3 Å². The fourth-order valence-electron chi connectivity index (χ4n) is 16.2. The van der Waals surface area contributed by atoms with Crippen molar-refractivity contribution in [1.29, 1.82) is 0 Å². The first kappa shape index (κ1) is 101. The number of hydrogen-bond donors (Lipinski definition) is 29. The standard InChI is InChI=1S/C69H116N4O50/c1-17(82)70-31-41(92)52(26(12-79)107-60(31)102)117-61-32(71-18(2)83)43(94)54(28(14-81)112-61)119-69-59(123-66-47(98)37(88)23(9-76)110-66)57(40(91)30(116-69)16-105-64-48(99)44(95)35(86)21(7-74)108-64)121-68-58(45(96)36(87)22(8-75)111-68)122-62-33(72-19(3)84)42(93)53(27(13-80)113-62)118-63-34(73-20(4)85)55(120-67-49(100)46(97)51(103-5)25(11-78)114-67)39(90)29(115-63)15-106-65-50(101)56(104-6)38(89)24(10-77)109-65/h21-69,74-81,86-102H,7-16H2,1-6H3,(H,70,82)(H,71,83)(H,72,84)(H,73,85)/t21-,22-,23-,24-,25-,26-,27-,28-,29-,30-,31-,32-,33-,34-,35-,36-,37+,38+,39+,40-,41-,42-,43-,44+,45+,46-,47-,48+,49-,50-,51+,52-,53-,54-,55-,56+,57+,58+,59+,60?,61+,62+,63+,64+,65-,66+,67+,68-,69+/m1/s1. The van der Waals surface area contributed by atoms with E-state index in [1.807, 2.05) is 0 Å². The van der Waals surface area contributed by atoms with Crippen LogP contribution in [0, 0.1) is 0 Å². The smallest absolute Gasteiger partial charge is 0.217 e. The van der Waals surface area contributed by atoms with Gasteiger partial charge in [-0.15, -0.1) is 0 Å². The second kappa shape index (κ2) is 44.8. The lowest BCUT2D eigenvalue weighted by atomic mass is 9.93. The predicted molar refractivity (Wildman–Crippen MR) is 380 cm³/mol. The number of methoxy groups -OCH3 is 2. The topological polar surface area (TPSA) is 816 Å². The fraction of sp³-hybridized carbons (Fsp3) is 0.942. The average Bonchev–Trinajstić information content (AvgIpc) is 1.48. The quantitative estimate of drug-likeness (QED) is 0.0284. The van der Waals surface area contributed by atoms with Crippen molar-refractivity contribution in [3.05, 3.63) is 0 Å². The number of carbonyl (C=O) groups is 4. The van der Waals surface area contributed by atoms with Gasteiger partial charge in [0.05, 0.1) is 66.1 Å². The molecule has 10 saturated heterocycles. The van der Waals surface area contributed by atoms with Gasteiger partial charge in [-0.2, -0.15) is 0 Å². The van der Waals surface area contributed by atoms with Crippen molar-refractivity contribution < 1.29 is 246 Å². The molecule has 10 heterocycles. The van der Waals surface area contributed by atoms with Crippen molar-refractivity contribution in [2.45, 2.75) is 328 Å². The van der Waals surface area contributed by atoms with Gasteiger partial charge in [0.1, 0.15) is 238 Å². The summed E-state index contributed by atoms with van der Waals surface area (Å²) in [6, 6.07) is -7.69. The lowest BCUT2D eigenvalue weighted by Crippen LogP contribution is -2.72. The van der Waals surface area contributed by atoms with E-state index in [1.54, 1.807) is 0 Å². The number of nitrogens with one attached hydrogen (secondary N) is 4. The van der Waals surface area contributed by atoms with Crippen LogP contribution >= 0.6 is 0 Å². The van der Waals surface area contributed by atoms with Gasteiger partial charge in [-0.05, 0) is 0 Å². The predicted octanol–water partition coefficient (Wildman–Crippen LogP) is -20.3. The largest absolute Gasteiger partial charge is 0.394 e. The molecular weight excluding hydrogens is 1680 g/mol. The molecule has 712 valence electrons. The SMILES string of the molecule is CO[C@H]1[C@@H](O)[C@@H](CO)O[C@@H](OC[C@H]2O[C@@H](O[C@H]3[C@H](O)[C@@H](NC(C)=O)[C@H](O[C@@H]4[C@@H](O[C@H]5[C@H](O)[C@@H](CO[C@H]6O[C@H](CO)[C@@H](O)[C@H](O)[C@@H]6O)O[C@@H](O[C@H]6[C@H](O)[C@@H](NC(C)=O)[C@H](O[C@H]7[C@H](O)[C@@H](NC(C)=O)C(O)O[C@@H]7CO)O[C@@H]6CO)[C@H]5O[C@@H]5O[C@H](CO)[C@H](O)[C@H]5O)O[C@H](CO)[C@@H](O)[C@@H]4O)O[C@@H]3CO)[C@H](NC(C)=O)[C@@H](O[C@@H]3O[C@H](CO)[C@H](OC)[C@H](O)[C@H]3O)[C@H]2O)[C@@H]1O. The van der Waals surface area contributed by atoms with E-state index < -0.39 is 390 Å². The Labute approximate surface area is 698 Å². The minimum absolute atomic E-state index is 0.797. The molecule has 1 unspecified atom stereocenters. The Hall–Kier alpha value is -3.96. The first-order valence-corrected chi connectivity index (χ1v) is 39.3. The summed E-state index contributed by atoms with van der Waals surface area (Å²) in [7, 11) is 2.22. The Morgan fingerprint density at radius 3 is 0.976 bits per heavy atom. The van der Waals surface area contributed by atoms with E-state index >= 15 is 0 Å². The maximum atomic E-state index is 13.5. The second-order valence-corrected chi connectivity index (χ2v) is 30.9. The fourth-order valence-corrected chi connectivity index (χ4v) is 16.2. The van der Waals surface area contributed by atoms with Crippen molar-refractivity contribution in [3.63, 3.8) is 0 Å². The normalized spacial score (nSPS) is 48.7. The molecule has 49 atom stereocenters. The average molecular weight is 1800 g/mol. The third-order valence-corrected chi connectivity index (χ3v) is 22.6. The highest BCUT2D eigenvalue weighted by molar-refractivity contribution is 5.74. The molecule has 4 amide bonds. The zero-order valence-corrected chi connectivity index (χ0v) is 66.7. The number of aliphatic hydroxyl groups is 25.